The summed E-state index contributed by atoms with van der Waals surface area (Å²) >= 11 is 7.62. The summed E-state index contributed by atoms with van der Waals surface area (Å²) in [6, 6.07) is 12.7. The highest BCUT2D eigenvalue weighted by Gasteiger charge is 2.32. The zero-order valence-corrected chi connectivity index (χ0v) is 16.8. The number of anilines is 1. The third-order valence-electron chi connectivity index (χ3n) is 3.92. The van der Waals surface area contributed by atoms with E-state index >= 15 is 0 Å². The van der Waals surface area contributed by atoms with Gasteiger partial charge in [0.05, 0.1) is 24.9 Å². The lowest BCUT2D eigenvalue weighted by atomic mass is 10.2. The molecular weight excluding hydrogens is 384 g/mol. The fourth-order valence-corrected chi connectivity index (χ4v) is 3.53. The SMILES string of the molecule is CCSC1=NC(=Cc2ccc(OC)cc2)C(=O)N1c1ccc(Cl)c(OC)c1. The summed E-state index contributed by atoms with van der Waals surface area (Å²) in [7, 11) is 3.16. The minimum atomic E-state index is -0.189. The largest absolute Gasteiger partial charge is 0.497 e. The average molecular weight is 403 g/mol. The summed E-state index contributed by atoms with van der Waals surface area (Å²) in [6.07, 6.45) is 1.77. The maximum Gasteiger partial charge on any atom is 0.283 e. The van der Waals surface area contributed by atoms with Gasteiger partial charge in [0.25, 0.3) is 5.91 Å². The van der Waals surface area contributed by atoms with Gasteiger partial charge in [0.2, 0.25) is 0 Å². The van der Waals surface area contributed by atoms with Crippen LogP contribution in [0.4, 0.5) is 5.69 Å². The molecule has 27 heavy (non-hydrogen) atoms. The van der Waals surface area contributed by atoms with Crippen LogP contribution in [0.1, 0.15) is 12.5 Å². The van der Waals surface area contributed by atoms with Gasteiger partial charge in [0, 0.05) is 6.07 Å². The van der Waals surface area contributed by atoms with E-state index in [-0.39, 0.29) is 5.91 Å². The molecule has 0 atom stereocenters. The summed E-state index contributed by atoms with van der Waals surface area (Å²) in [6.45, 7) is 2.02. The molecule has 2 aromatic carbocycles. The molecule has 0 N–H and O–H groups in total. The van der Waals surface area contributed by atoms with Gasteiger partial charge in [-0.3, -0.25) is 9.69 Å². The van der Waals surface area contributed by atoms with Crippen LogP contribution in [-0.2, 0) is 4.79 Å². The smallest absolute Gasteiger partial charge is 0.283 e. The number of carbonyl (C=O) groups excluding carboxylic acids is 1. The molecule has 3 rings (SSSR count). The van der Waals surface area contributed by atoms with E-state index in [1.54, 1.807) is 43.4 Å². The number of ether oxygens (including phenoxy) is 2. The summed E-state index contributed by atoms with van der Waals surface area (Å²) < 4.78 is 10.4. The van der Waals surface area contributed by atoms with Gasteiger partial charge >= 0.3 is 0 Å². The second-order valence-corrected chi connectivity index (χ2v) is 7.23. The number of methoxy groups -OCH3 is 2. The highest BCUT2D eigenvalue weighted by Crippen LogP contribution is 2.34. The molecule has 0 unspecified atom stereocenters. The number of amides is 1. The van der Waals surface area contributed by atoms with Crippen molar-refractivity contribution in [1.29, 1.82) is 0 Å². The summed E-state index contributed by atoms with van der Waals surface area (Å²) in [5, 5.41) is 1.12. The number of hydrogen-bond acceptors (Lipinski definition) is 5. The lowest BCUT2D eigenvalue weighted by Crippen LogP contribution is -2.30. The van der Waals surface area contributed by atoms with Gasteiger partial charge in [-0.2, -0.15) is 0 Å². The van der Waals surface area contributed by atoms with E-state index in [2.05, 4.69) is 4.99 Å². The molecule has 5 nitrogen and oxygen atoms in total. The predicted molar refractivity (Wildman–Crippen MR) is 112 cm³/mol. The summed E-state index contributed by atoms with van der Waals surface area (Å²) in [5.74, 6) is 1.88. The molecule has 2 aromatic rings. The van der Waals surface area contributed by atoms with Crippen LogP contribution in [-0.4, -0.2) is 31.0 Å². The molecular formula is C20H19ClN2O3S. The Morgan fingerprint density at radius 3 is 2.52 bits per heavy atom. The van der Waals surface area contributed by atoms with Gasteiger partial charge in [-0.25, -0.2) is 4.99 Å². The van der Waals surface area contributed by atoms with Gasteiger partial charge in [-0.15, -0.1) is 0 Å². The minimum Gasteiger partial charge on any atom is -0.497 e. The van der Waals surface area contributed by atoms with Crippen LogP contribution in [0.15, 0.2) is 53.2 Å². The lowest BCUT2D eigenvalue weighted by Gasteiger charge is -2.18. The van der Waals surface area contributed by atoms with E-state index in [0.29, 0.717) is 27.3 Å². The third-order valence-corrected chi connectivity index (χ3v) is 5.05. The predicted octanol–water partition coefficient (Wildman–Crippen LogP) is 4.85. The number of thioether (sulfide) groups is 1. The molecule has 0 fully saturated rings. The molecule has 0 bridgehead atoms. The quantitative estimate of drug-likeness (QED) is 0.670. The number of hydrogen-bond donors (Lipinski definition) is 0. The summed E-state index contributed by atoms with van der Waals surface area (Å²) in [4.78, 5) is 19.2. The van der Waals surface area contributed by atoms with Crippen LogP contribution in [0.3, 0.4) is 0 Å². The van der Waals surface area contributed by atoms with Gasteiger partial charge in [0.1, 0.15) is 17.2 Å². The van der Waals surface area contributed by atoms with Gasteiger partial charge < -0.3 is 9.47 Å². The molecule has 140 valence electrons. The molecule has 1 aliphatic rings. The molecule has 0 saturated heterocycles. The Hall–Kier alpha value is -2.44. The van der Waals surface area contributed by atoms with E-state index < -0.39 is 0 Å². The molecule has 0 aliphatic carbocycles. The molecule has 0 spiro atoms. The van der Waals surface area contributed by atoms with Gasteiger partial charge in [-0.05, 0) is 41.7 Å². The molecule has 0 saturated carbocycles. The molecule has 1 amide bonds. The average Bonchev–Trinajstić information content (AvgIpc) is 2.98. The van der Waals surface area contributed by atoms with Gasteiger partial charge in [-0.1, -0.05) is 42.4 Å². The first-order valence-corrected chi connectivity index (χ1v) is 9.69. The zero-order valence-electron chi connectivity index (χ0n) is 15.2. The number of halogens is 1. The Balaban J connectivity index is 1.97. The molecule has 7 heteroatoms. The molecule has 0 aromatic heterocycles. The fraction of sp³-hybridized carbons (Fsp3) is 0.200. The first kappa shape index (κ1) is 19.3. The van der Waals surface area contributed by atoms with Gasteiger partial charge in [0.15, 0.2) is 5.17 Å². The van der Waals surface area contributed by atoms with E-state index in [1.807, 2.05) is 31.2 Å². The zero-order chi connectivity index (χ0) is 19.4. The van der Waals surface area contributed by atoms with Crippen molar-refractivity contribution in [1.82, 2.24) is 0 Å². The maximum atomic E-state index is 13.0. The lowest BCUT2D eigenvalue weighted by molar-refractivity contribution is -0.113. The number of aliphatic imine (C=N–C) groups is 1. The highest BCUT2D eigenvalue weighted by molar-refractivity contribution is 8.14. The topological polar surface area (TPSA) is 51.1 Å². The Morgan fingerprint density at radius 2 is 1.89 bits per heavy atom. The van der Waals surface area contributed by atoms with E-state index in [1.165, 1.54) is 11.8 Å². The van der Waals surface area contributed by atoms with Crippen LogP contribution in [0.2, 0.25) is 5.02 Å². The van der Waals surface area contributed by atoms with E-state index in [9.17, 15) is 4.79 Å². The molecule has 1 heterocycles. The molecule has 1 aliphatic heterocycles. The third kappa shape index (κ3) is 4.12. The number of amidine groups is 1. The Bertz CT molecular complexity index is 910. The minimum absolute atomic E-state index is 0.189. The Labute approximate surface area is 167 Å². The van der Waals surface area contributed by atoms with Crippen LogP contribution >= 0.6 is 23.4 Å². The standard InChI is InChI=1S/C20H19ClN2O3S/c1-4-27-20-22-17(11-13-5-8-15(25-2)9-6-13)19(24)23(20)14-7-10-16(21)18(12-14)26-3/h5-12H,4H2,1-3H3. The van der Waals surface area contributed by atoms with Crippen molar-refractivity contribution in [2.45, 2.75) is 6.92 Å². The first-order chi connectivity index (χ1) is 13.1. The van der Waals surface area contributed by atoms with Crippen molar-refractivity contribution in [2.24, 2.45) is 4.99 Å². The fourth-order valence-electron chi connectivity index (χ4n) is 2.60. The van der Waals surface area contributed by atoms with Crippen molar-refractivity contribution in [3.63, 3.8) is 0 Å². The number of nitrogens with zero attached hydrogens (tertiary/aromatic N) is 2. The van der Waals surface area contributed by atoms with Crippen LogP contribution in [0, 0.1) is 0 Å². The van der Waals surface area contributed by atoms with E-state index in [0.717, 1.165) is 17.1 Å². The van der Waals surface area contributed by atoms with Crippen LogP contribution in [0.25, 0.3) is 6.08 Å². The van der Waals surface area contributed by atoms with Crippen molar-refractivity contribution in [2.75, 3.05) is 24.9 Å². The van der Waals surface area contributed by atoms with E-state index in [4.69, 9.17) is 21.1 Å². The van der Waals surface area contributed by atoms with Crippen molar-refractivity contribution >= 4 is 46.2 Å². The summed E-state index contributed by atoms with van der Waals surface area (Å²) in [5.41, 5.74) is 1.92. The maximum absolute atomic E-state index is 13.0. The second kappa shape index (κ2) is 8.50. The van der Waals surface area contributed by atoms with Crippen LogP contribution in [0.5, 0.6) is 11.5 Å². The second-order valence-electron chi connectivity index (χ2n) is 5.59. The van der Waals surface area contributed by atoms with Crippen LogP contribution < -0.4 is 14.4 Å². The normalized spacial score (nSPS) is 15.3. The Kier molecular flexibility index (Phi) is 6.08. The monoisotopic (exact) mass is 402 g/mol. The van der Waals surface area contributed by atoms with Crippen molar-refractivity contribution in [3.8, 4) is 11.5 Å². The number of benzene rings is 2. The molecule has 0 radical (unpaired) electrons. The Morgan fingerprint density at radius 1 is 1.15 bits per heavy atom. The number of rotatable bonds is 5. The number of carbonyl (C=O) groups is 1. The highest BCUT2D eigenvalue weighted by atomic mass is 35.5. The first-order valence-electron chi connectivity index (χ1n) is 8.32. The van der Waals surface area contributed by atoms with Crippen molar-refractivity contribution < 1.29 is 14.3 Å². The van der Waals surface area contributed by atoms with Crippen molar-refractivity contribution in [3.05, 3.63) is 58.7 Å².